The van der Waals surface area contributed by atoms with E-state index in [0.29, 0.717) is 22.3 Å². The smallest absolute Gasteiger partial charge is 0.414 e. The monoisotopic (exact) mass is 545 g/mol. The van der Waals surface area contributed by atoms with Crippen molar-refractivity contribution in [2.75, 3.05) is 23.5 Å². The van der Waals surface area contributed by atoms with Crippen molar-refractivity contribution < 1.29 is 18.3 Å². The molecule has 40 heavy (non-hydrogen) atoms. The standard InChI is InChI=1S/C26H21F2N9O3/c1-40-26(38)36(13-14-6-8-17(35-39)9-7-14)22-23(29)32-25(33-24(22)30)37-20-11-16(27)12-31-21(20)19(34-37)10-15-4-2-3-5-18(15)28/h2-9,11-12H,10,13H2,1H3,(H4,29,30,32,33). The maximum Gasteiger partial charge on any atom is 0.414 e. The minimum atomic E-state index is -0.796. The lowest BCUT2D eigenvalue weighted by Gasteiger charge is -2.23. The zero-order chi connectivity index (χ0) is 28.4. The number of carbonyl (C=O) groups excluding carboxylic acids is 1. The molecule has 0 saturated heterocycles. The Labute approximate surface area is 225 Å². The number of ether oxygens (including phenoxy) is 1. The molecule has 4 N–H and O–H groups in total. The zero-order valence-corrected chi connectivity index (χ0v) is 21.0. The highest BCUT2D eigenvalue weighted by molar-refractivity contribution is 5.95. The van der Waals surface area contributed by atoms with E-state index < -0.39 is 17.7 Å². The van der Waals surface area contributed by atoms with Crippen LogP contribution in [0, 0.1) is 16.5 Å². The molecule has 0 fully saturated rings. The fourth-order valence-corrected chi connectivity index (χ4v) is 4.17. The van der Waals surface area contributed by atoms with Crippen molar-refractivity contribution in [3.05, 3.63) is 94.2 Å². The van der Waals surface area contributed by atoms with Gasteiger partial charge in [-0.25, -0.2) is 18.6 Å². The van der Waals surface area contributed by atoms with E-state index in [4.69, 9.17) is 16.2 Å². The number of hydrogen-bond donors (Lipinski definition) is 2. The SMILES string of the molecule is COC(=O)N(Cc1ccc(N=O)cc1)c1c(N)nc(-n2nc(Cc3ccccc3F)c3ncc(F)cc32)nc1N. The first-order chi connectivity index (χ1) is 19.3. The van der Waals surface area contributed by atoms with E-state index in [-0.39, 0.29) is 47.4 Å². The van der Waals surface area contributed by atoms with Gasteiger partial charge in [0.05, 0.1) is 31.1 Å². The summed E-state index contributed by atoms with van der Waals surface area (Å²) in [6.07, 6.45) is 0.292. The number of nitrogens with two attached hydrogens (primary N) is 2. The van der Waals surface area contributed by atoms with Crippen LogP contribution in [0.4, 0.5) is 36.6 Å². The Morgan fingerprint density at radius 1 is 1.07 bits per heavy atom. The van der Waals surface area contributed by atoms with Crippen LogP contribution in [0.15, 0.2) is 66.0 Å². The fraction of sp³-hybridized carbons (Fsp3) is 0.115. The zero-order valence-electron chi connectivity index (χ0n) is 21.0. The maximum absolute atomic E-state index is 14.4. The summed E-state index contributed by atoms with van der Waals surface area (Å²) < 4.78 is 34.7. The molecule has 3 heterocycles. The molecule has 0 unspecified atom stereocenters. The summed E-state index contributed by atoms with van der Waals surface area (Å²) in [7, 11) is 1.19. The van der Waals surface area contributed by atoms with Crippen LogP contribution in [-0.4, -0.2) is 37.9 Å². The molecule has 5 aromatic rings. The quantitative estimate of drug-likeness (QED) is 0.281. The van der Waals surface area contributed by atoms with E-state index in [1.54, 1.807) is 30.3 Å². The Balaban J connectivity index is 1.58. The van der Waals surface area contributed by atoms with Crippen molar-refractivity contribution in [3.63, 3.8) is 0 Å². The van der Waals surface area contributed by atoms with E-state index in [1.807, 2.05) is 0 Å². The molecule has 202 valence electrons. The van der Waals surface area contributed by atoms with Gasteiger partial charge in [0.1, 0.15) is 28.5 Å². The van der Waals surface area contributed by atoms with Crippen molar-refractivity contribution in [2.24, 2.45) is 5.18 Å². The van der Waals surface area contributed by atoms with Crippen LogP contribution in [-0.2, 0) is 17.7 Å². The van der Waals surface area contributed by atoms with Crippen LogP contribution in [0.2, 0.25) is 0 Å². The third kappa shape index (κ3) is 4.97. The Morgan fingerprint density at radius 3 is 2.42 bits per heavy atom. The molecule has 0 saturated carbocycles. The van der Waals surface area contributed by atoms with Crippen LogP contribution in [0.5, 0.6) is 0 Å². The maximum atomic E-state index is 14.4. The first kappa shape index (κ1) is 26.1. The Bertz CT molecular complexity index is 1720. The summed E-state index contributed by atoms with van der Waals surface area (Å²) in [5.74, 6) is -1.58. The highest BCUT2D eigenvalue weighted by Crippen LogP contribution is 2.32. The van der Waals surface area contributed by atoms with E-state index in [9.17, 15) is 18.5 Å². The van der Waals surface area contributed by atoms with Crippen molar-refractivity contribution >= 4 is 40.1 Å². The molecule has 3 aromatic heterocycles. The summed E-state index contributed by atoms with van der Waals surface area (Å²) >= 11 is 0. The summed E-state index contributed by atoms with van der Waals surface area (Å²) in [6.45, 7) is -0.0461. The molecule has 2 aromatic carbocycles. The molecule has 14 heteroatoms. The molecule has 0 aliphatic rings. The predicted octanol–water partition coefficient (Wildman–Crippen LogP) is 4.41. The van der Waals surface area contributed by atoms with Gasteiger partial charge in [-0.05, 0) is 34.5 Å². The number of benzene rings is 2. The molecule has 0 aliphatic carbocycles. The number of pyridine rings is 1. The van der Waals surface area contributed by atoms with Gasteiger partial charge in [-0.15, -0.1) is 4.91 Å². The second kappa shape index (κ2) is 10.7. The second-order valence-corrected chi connectivity index (χ2v) is 8.60. The second-order valence-electron chi connectivity index (χ2n) is 8.60. The number of methoxy groups -OCH3 is 1. The van der Waals surface area contributed by atoms with Gasteiger partial charge in [-0.2, -0.15) is 19.7 Å². The van der Waals surface area contributed by atoms with Crippen molar-refractivity contribution in [1.29, 1.82) is 0 Å². The number of halogens is 2. The van der Waals surface area contributed by atoms with Gasteiger partial charge >= 0.3 is 6.09 Å². The van der Waals surface area contributed by atoms with Crippen LogP contribution >= 0.6 is 0 Å². The van der Waals surface area contributed by atoms with E-state index >= 15 is 0 Å². The molecule has 5 rings (SSSR count). The molecule has 0 aliphatic heterocycles. The van der Waals surface area contributed by atoms with Crippen molar-refractivity contribution in [1.82, 2.24) is 24.7 Å². The number of aromatic nitrogens is 5. The fourth-order valence-electron chi connectivity index (χ4n) is 4.17. The van der Waals surface area contributed by atoms with E-state index in [1.165, 1.54) is 36.1 Å². The highest BCUT2D eigenvalue weighted by Gasteiger charge is 2.26. The Morgan fingerprint density at radius 2 is 1.77 bits per heavy atom. The molecule has 0 spiro atoms. The molecule has 0 radical (unpaired) electrons. The summed E-state index contributed by atoms with van der Waals surface area (Å²) in [5.41, 5.74) is 14.5. The van der Waals surface area contributed by atoms with E-state index in [2.05, 4.69) is 25.2 Å². The average Bonchev–Trinajstić information content (AvgIpc) is 3.30. The molecule has 1 amide bonds. The predicted molar refractivity (Wildman–Crippen MR) is 143 cm³/mol. The van der Waals surface area contributed by atoms with Crippen molar-refractivity contribution in [2.45, 2.75) is 13.0 Å². The van der Waals surface area contributed by atoms with E-state index in [0.717, 1.165) is 11.1 Å². The molecule has 0 atom stereocenters. The van der Waals surface area contributed by atoms with Gasteiger partial charge in [0.2, 0.25) is 0 Å². The van der Waals surface area contributed by atoms with Crippen molar-refractivity contribution in [3.8, 4) is 5.95 Å². The lowest BCUT2D eigenvalue weighted by Crippen LogP contribution is -2.32. The number of hydrogen-bond acceptors (Lipinski definition) is 10. The third-order valence-electron chi connectivity index (χ3n) is 6.04. The summed E-state index contributed by atoms with van der Waals surface area (Å²) in [6, 6.07) is 13.5. The van der Waals surface area contributed by atoms with Gasteiger partial charge in [0, 0.05) is 12.5 Å². The minimum Gasteiger partial charge on any atom is -0.452 e. The van der Waals surface area contributed by atoms with Crippen LogP contribution in [0.3, 0.4) is 0 Å². The lowest BCUT2D eigenvalue weighted by atomic mass is 10.1. The van der Waals surface area contributed by atoms with Crippen LogP contribution in [0.25, 0.3) is 17.0 Å². The first-order valence-corrected chi connectivity index (χ1v) is 11.8. The Hall–Kier alpha value is -5.53. The number of carbonyl (C=O) groups is 1. The topological polar surface area (TPSA) is 168 Å². The Kier molecular flexibility index (Phi) is 6.97. The summed E-state index contributed by atoms with van der Waals surface area (Å²) in [4.78, 5) is 37.3. The molecule has 12 nitrogen and oxygen atoms in total. The number of nitroso groups, excluding NO2 is 1. The molecular formula is C26H21F2N9O3. The normalized spacial score (nSPS) is 11.0. The lowest BCUT2D eigenvalue weighted by molar-refractivity contribution is 0.178. The summed E-state index contributed by atoms with van der Waals surface area (Å²) in [5, 5.41) is 7.33. The highest BCUT2D eigenvalue weighted by atomic mass is 19.1. The first-order valence-electron chi connectivity index (χ1n) is 11.8. The van der Waals surface area contributed by atoms with Gasteiger partial charge in [0.15, 0.2) is 11.6 Å². The molecule has 0 bridgehead atoms. The van der Waals surface area contributed by atoms with Crippen LogP contribution in [0.1, 0.15) is 16.8 Å². The number of nitrogen functional groups attached to an aromatic ring is 2. The number of nitrogens with zero attached hydrogens (tertiary/aromatic N) is 7. The largest absolute Gasteiger partial charge is 0.452 e. The minimum absolute atomic E-state index is 0.0273. The third-order valence-corrected chi connectivity index (χ3v) is 6.04. The van der Waals surface area contributed by atoms with Gasteiger partial charge in [-0.1, -0.05) is 30.3 Å². The van der Waals surface area contributed by atoms with Gasteiger partial charge in [-0.3, -0.25) is 4.90 Å². The van der Waals surface area contributed by atoms with Crippen LogP contribution < -0.4 is 16.4 Å². The number of amides is 1. The number of fused-ring (bicyclic) bond motifs is 1. The van der Waals surface area contributed by atoms with Gasteiger partial charge < -0.3 is 16.2 Å². The van der Waals surface area contributed by atoms with Gasteiger partial charge in [0.25, 0.3) is 5.95 Å². The molecular weight excluding hydrogens is 524 g/mol. The number of rotatable bonds is 7. The average molecular weight is 546 g/mol. The number of anilines is 3.